The molecule has 56 valence electrons. The van der Waals surface area contributed by atoms with Crippen LogP contribution >= 0.6 is 0 Å². The third-order valence-electron chi connectivity index (χ3n) is 1.62. The second kappa shape index (κ2) is 2.45. The molecule has 0 aromatic carbocycles. The van der Waals surface area contributed by atoms with Gasteiger partial charge in [-0.1, -0.05) is 0 Å². The summed E-state index contributed by atoms with van der Waals surface area (Å²) in [7, 11) is 2.06. The van der Waals surface area contributed by atoms with Gasteiger partial charge in [-0.2, -0.15) is 4.68 Å². The normalized spacial score (nSPS) is 10.9. The zero-order valence-electron chi connectivity index (χ0n) is 7.13. The van der Waals surface area contributed by atoms with Crippen molar-refractivity contribution in [3.63, 3.8) is 0 Å². The highest BCUT2D eigenvalue weighted by Gasteiger charge is 2.07. The molecule has 1 heterocycles. The van der Waals surface area contributed by atoms with Crippen molar-refractivity contribution in [1.82, 2.24) is 4.68 Å². The first-order valence-corrected chi connectivity index (χ1v) is 3.65. The lowest BCUT2D eigenvalue weighted by atomic mass is 10.4. The second-order valence-electron chi connectivity index (χ2n) is 3.05. The summed E-state index contributed by atoms with van der Waals surface area (Å²) in [5.41, 5.74) is 1.32. The molecule has 2 nitrogen and oxygen atoms in total. The smallest absolute Gasteiger partial charge is 0.158 e. The predicted molar refractivity (Wildman–Crippen MR) is 40.7 cm³/mol. The van der Waals surface area contributed by atoms with Gasteiger partial charge in [0.25, 0.3) is 0 Å². The molecule has 0 radical (unpaired) electrons. The standard InChI is InChI=1S/C8H15N2/c1-7(2)10-6-8(3)5-9(10)4/h5-7H,1-4H3/q+1. The fraction of sp³-hybridized carbons (Fsp3) is 0.625. The van der Waals surface area contributed by atoms with Gasteiger partial charge in [0.2, 0.25) is 0 Å². The first-order valence-electron chi connectivity index (χ1n) is 3.65. The van der Waals surface area contributed by atoms with E-state index >= 15 is 0 Å². The Labute approximate surface area is 62.1 Å². The van der Waals surface area contributed by atoms with E-state index < -0.39 is 0 Å². The zero-order chi connectivity index (χ0) is 7.72. The number of hydrogen-bond acceptors (Lipinski definition) is 0. The molecule has 0 aliphatic rings. The van der Waals surface area contributed by atoms with Crippen molar-refractivity contribution in [2.24, 2.45) is 7.05 Å². The summed E-state index contributed by atoms with van der Waals surface area (Å²) < 4.78 is 4.31. The van der Waals surface area contributed by atoms with Crippen LogP contribution in [0.25, 0.3) is 0 Å². The van der Waals surface area contributed by atoms with Gasteiger partial charge >= 0.3 is 0 Å². The van der Waals surface area contributed by atoms with E-state index in [1.54, 1.807) is 0 Å². The molecule has 1 aromatic rings. The summed E-state index contributed by atoms with van der Waals surface area (Å²) in [5.74, 6) is 0. The molecule has 0 amide bonds. The SMILES string of the molecule is Cc1cn(C(C)C)[n+](C)c1. The highest BCUT2D eigenvalue weighted by molar-refractivity contribution is 4.95. The van der Waals surface area contributed by atoms with Gasteiger partial charge in [0.05, 0.1) is 12.2 Å². The zero-order valence-corrected chi connectivity index (χ0v) is 7.13. The van der Waals surface area contributed by atoms with E-state index in [2.05, 4.69) is 49.6 Å². The molecule has 0 atom stereocenters. The Morgan fingerprint density at radius 1 is 1.50 bits per heavy atom. The first kappa shape index (κ1) is 7.32. The molecule has 0 bridgehead atoms. The first-order chi connectivity index (χ1) is 4.61. The van der Waals surface area contributed by atoms with Crippen LogP contribution in [-0.4, -0.2) is 4.68 Å². The van der Waals surface area contributed by atoms with E-state index in [0.29, 0.717) is 6.04 Å². The summed E-state index contributed by atoms with van der Waals surface area (Å²) in [6.45, 7) is 6.47. The molecular weight excluding hydrogens is 124 g/mol. The Hall–Kier alpha value is -0.790. The van der Waals surface area contributed by atoms with Gasteiger partial charge in [-0.25, -0.2) is 0 Å². The fourth-order valence-corrected chi connectivity index (χ4v) is 1.21. The maximum Gasteiger partial charge on any atom is 0.198 e. The lowest BCUT2D eigenvalue weighted by Crippen LogP contribution is -2.38. The summed E-state index contributed by atoms with van der Waals surface area (Å²) in [4.78, 5) is 0. The van der Waals surface area contributed by atoms with Crippen LogP contribution in [-0.2, 0) is 7.05 Å². The molecule has 0 aliphatic carbocycles. The van der Waals surface area contributed by atoms with Crippen molar-refractivity contribution in [3.05, 3.63) is 18.0 Å². The summed E-state index contributed by atoms with van der Waals surface area (Å²) >= 11 is 0. The van der Waals surface area contributed by atoms with Gasteiger partial charge in [-0.15, -0.1) is 4.68 Å². The van der Waals surface area contributed by atoms with Crippen LogP contribution < -0.4 is 4.68 Å². The Balaban J connectivity index is 3.03. The Bertz CT molecular complexity index is 223. The number of rotatable bonds is 1. The average Bonchev–Trinajstić information content (AvgIpc) is 2.10. The van der Waals surface area contributed by atoms with Gasteiger partial charge in [0, 0.05) is 5.56 Å². The molecule has 1 aromatic heterocycles. The quantitative estimate of drug-likeness (QED) is 0.517. The van der Waals surface area contributed by atoms with Crippen LogP contribution in [0.4, 0.5) is 0 Å². The average molecular weight is 139 g/mol. The fourth-order valence-electron chi connectivity index (χ4n) is 1.21. The van der Waals surface area contributed by atoms with Crippen molar-refractivity contribution in [2.75, 3.05) is 0 Å². The third kappa shape index (κ3) is 1.20. The van der Waals surface area contributed by atoms with Gasteiger partial charge < -0.3 is 0 Å². The Morgan fingerprint density at radius 2 is 2.10 bits per heavy atom. The minimum Gasteiger partial charge on any atom is -0.158 e. The molecule has 0 saturated heterocycles. The van der Waals surface area contributed by atoms with Crippen LogP contribution in [0.3, 0.4) is 0 Å². The second-order valence-corrected chi connectivity index (χ2v) is 3.05. The Morgan fingerprint density at radius 3 is 2.30 bits per heavy atom. The predicted octanol–water partition coefficient (Wildman–Crippen LogP) is 1.20. The highest BCUT2D eigenvalue weighted by Crippen LogP contribution is 2.01. The molecule has 0 unspecified atom stereocenters. The van der Waals surface area contributed by atoms with Crippen molar-refractivity contribution in [1.29, 1.82) is 0 Å². The van der Waals surface area contributed by atoms with Gasteiger partial charge in [-0.3, -0.25) is 0 Å². The largest absolute Gasteiger partial charge is 0.198 e. The monoisotopic (exact) mass is 139 g/mol. The number of hydrogen-bond donors (Lipinski definition) is 0. The Kier molecular flexibility index (Phi) is 1.79. The van der Waals surface area contributed by atoms with Gasteiger partial charge in [0.1, 0.15) is 0 Å². The molecule has 0 saturated carbocycles. The molecule has 1 rings (SSSR count). The number of aromatic nitrogens is 2. The van der Waals surface area contributed by atoms with Crippen molar-refractivity contribution < 1.29 is 4.68 Å². The molecular formula is C8H15N2+. The highest BCUT2D eigenvalue weighted by atomic mass is 15.4. The van der Waals surface area contributed by atoms with E-state index in [0.717, 1.165) is 0 Å². The molecule has 2 heteroatoms. The summed E-state index contributed by atoms with van der Waals surface area (Å²) in [6.07, 6.45) is 4.28. The van der Waals surface area contributed by atoms with E-state index in [4.69, 9.17) is 0 Å². The van der Waals surface area contributed by atoms with Crippen molar-refractivity contribution in [3.8, 4) is 0 Å². The minimum atomic E-state index is 0.554. The van der Waals surface area contributed by atoms with Crippen LogP contribution in [0.5, 0.6) is 0 Å². The molecule has 0 spiro atoms. The lowest BCUT2D eigenvalue weighted by Gasteiger charge is -2.01. The van der Waals surface area contributed by atoms with Crippen LogP contribution in [0.1, 0.15) is 25.5 Å². The summed E-state index contributed by atoms with van der Waals surface area (Å²) in [6, 6.07) is 0.554. The van der Waals surface area contributed by atoms with Crippen molar-refractivity contribution in [2.45, 2.75) is 26.8 Å². The lowest BCUT2D eigenvalue weighted by molar-refractivity contribution is -0.755. The van der Waals surface area contributed by atoms with Gasteiger partial charge in [0.15, 0.2) is 13.2 Å². The summed E-state index contributed by atoms with van der Waals surface area (Å²) in [5, 5.41) is 0. The van der Waals surface area contributed by atoms with E-state index in [1.165, 1.54) is 5.56 Å². The van der Waals surface area contributed by atoms with Crippen molar-refractivity contribution >= 4 is 0 Å². The topological polar surface area (TPSA) is 8.81 Å². The van der Waals surface area contributed by atoms with Crippen LogP contribution in [0, 0.1) is 6.92 Å². The maximum absolute atomic E-state index is 2.20. The van der Waals surface area contributed by atoms with E-state index in [-0.39, 0.29) is 0 Å². The maximum atomic E-state index is 2.20. The molecule has 0 aliphatic heterocycles. The molecule has 0 N–H and O–H groups in total. The van der Waals surface area contributed by atoms with E-state index in [9.17, 15) is 0 Å². The minimum absolute atomic E-state index is 0.554. The van der Waals surface area contributed by atoms with Crippen LogP contribution in [0.15, 0.2) is 12.4 Å². The van der Waals surface area contributed by atoms with Crippen LogP contribution in [0.2, 0.25) is 0 Å². The third-order valence-corrected chi connectivity index (χ3v) is 1.62. The molecule has 0 fully saturated rings. The van der Waals surface area contributed by atoms with E-state index in [1.807, 2.05) is 0 Å². The number of aryl methyl sites for hydroxylation is 2. The molecule has 10 heavy (non-hydrogen) atoms. The van der Waals surface area contributed by atoms with Gasteiger partial charge in [-0.05, 0) is 20.8 Å². The number of nitrogens with zero attached hydrogens (tertiary/aromatic N) is 2.